The Morgan fingerprint density at radius 1 is 1.60 bits per heavy atom. The number of hydrogen-bond donors (Lipinski definition) is 1. The summed E-state index contributed by atoms with van der Waals surface area (Å²) in [6.45, 7) is 2.93. The predicted molar refractivity (Wildman–Crippen MR) is 75.3 cm³/mol. The smallest absolute Gasteiger partial charge is 0.293 e. The Labute approximate surface area is 119 Å². The molecule has 1 unspecified atom stereocenters. The maximum absolute atomic E-state index is 13.8. The van der Waals surface area contributed by atoms with E-state index in [1.807, 2.05) is 6.92 Å². The average molecular weight is 299 g/mol. The molecule has 1 heterocycles. The van der Waals surface area contributed by atoms with Crippen LogP contribution in [-0.2, 0) is 0 Å². The van der Waals surface area contributed by atoms with Gasteiger partial charge in [-0.05, 0) is 6.07 Å². The molecule has 1 aliphatic heterocycles. The third-order valence-corrected chi connectivity index (χ3v) is 4.25. The summed E-state index contributed by atoms with van der Waals surface area (Å²) in [4.78, 5) is 23.9. The van der Waals surface area contributed by atoms with Crippen LogP contribution in [0.1, 0.15) is 17.3 Å². The van der Waals surface area contributed by atoms with E-state index in [4.69, 9.17) is 5.73 Å². The molecule has 1 amide bonds. The topological polar surface area (TPSA) is 89.5 Å². The van der Waals surface area contributed by atoms with Gasteiger partial charge in [-0.2, -0.15) is 11.8 Å². The summed E-state index contributed by atoms with van der Waals surface area (Å²) in [6.07, 6.45) is 0. The van der Waals surface area contributed by atoms with Crippen molar-refractivity contribution in [2.45, 2.75) is 12.2 Å². The highest BCUT2D eigenvalue weighted by Crippen LogP contribution is 2.29. The summed E-state index contributed by atoms with van der Waals surface area (Å²) in [5, 5.41) is 11.1. The van der Waals surface area contributed by atoms with Crippen LogP contribution in [0.3, 0.4) is 0 Å². The van der Waals surface area contributed by atoms with Crippen LogP contribution in [0.5, 0.6) is 0 Å². The van der Waals surface area contributed by atoms with E-state index in [-0.39, 0.29) is 5.25 Å². The van der Waals surface area contributed by atoms with Gasteiger partial charge in [-0.15, -0.1) is 0 Å². The third kappa shape index (κ3) is 2.69. The number of nitrogens with zero attached hydrogens (tertiary/aromatic N) is 2. The molecular weight excluding hydrogens is 285 g/mol. The zero-order valence-corrected chi connectivity index (χ0v) is 11.7. The first-order valence-electron chi connectivity index (χ1n) is 6.05. The van der Waals surface area contributed by atoms with Crippen molar-refractivity contribution in [1.29, 1.82) is 0 Å². The van der Waals surface area contributed by atoms with Crippen molar-refractivity contribution in [3.63, 3.8) is 0 Å². The molecule has 6 nitrogen and oxygen atoms in total. The number of nitrogen functional groups attached to an aromatic ring is 1. The van der Waals surface area contributed by atoms with Gasteiger partial charge in [-0.1, -0.05) is 6.92 Å². The second-order valence-corrected chi connectivity index (χ2v) is 6.09. The van der Waals surface area contributed by atoms with Crippen LogP contribution in [0, 0.1) is 15.9 Å². The SMILES string of the molecule is CC1CN(C(=O)c2c(F)ccc([N+](=O)[O-])c2N)CCS1. The summed E-state index contributed by atoms with van der Waals surface area (Å²) in [6, 6.07) is 1.87. The number of nitro groups is 1. The maximum Gasteiger partial charge on any atom is 0.293 e. The lowest BCUT2D eigenvalue weighted by Gasteiger charge is -2.30. The minimum atomic E-state index is -0.830. The van der Waals surface area contributed by atoms with Gasteiger partial charge in [0.2, 0.25) is 0 Å². The molecule has 0 aliphatic carbocycles. The molecule has 2 N–H and O–H groups in total. The van der Waals surface area contributed by atoms with Crippen molar-refractivity contribution in [3.8, 4) is 0 Å². The number of benzene rings is 1. The van der Waals surface area contributed by atoms with Crippen LogP contribution in [0.2, 0.25) is 0 Å². The Balaban J connectivity index is 2.38. The van der Waals surface area contributed by atoms with Crippen molar-refractivity contribution in [2.75, 3.05) is 24.6 Å². The number of halogens is 1. The van der Waals surface area contributed by atoms with E-state index >= 15 is 0 Å². The summed E-state index contributed by atoms with van der Waals surface area (Å²) < 4.78 is 13.8. The Kier molecular flexibility index (Phi) is 4.12. The molecule has 0 saturated carbocycles. The number of carbonyl (C=O) groups is 1. The van der Waals surface area contributed by atoms with E-state index in [2.05, 4.69) is 0 Å². The molecule has 1 aliphatic rings. The lowest BCUT2D eigenvalue weighted by Crippen LogP contribution is -2.41. The number of anilines is 1. The highest BCUT2D eigenvalue weighted by Gasteiger charge is 2.29. The van der Waals surface area contributed by atoms with Crippen molar-refractivity contribution in [1.82, 2.24) is 4.90 Å². The average Bonchev–Trinajstić information content (AvgIpc) is 2.38. The minimum Gasteiger partial charge on any atom is -0.392 e. The summed E-state index contributed by atoms with van der Waals surface area (Å²) in [5.74, 6) is -0.663. The normalized spacial score (nSPS) is 18.9. The van der Waals surface area contributed by atoms with E-state index in [0.717, 1.165) is 17.9 Å². The lowest BCUT2D eigenvalue weighted by molar-refractivity contribution is -0.384. The number of carbonyl (C=O) groups excluding carboxylic acids is 1. The molecule has 1 fully saturated rings. The van der Waals surface area contributed by atoms with Crippen molar-refractivity contribution >= 4 is 29.0 Å². The second-order valence-electron chi connectivity index (χ2n) is 4.54. The van der Waals surface area contributed by atoms with Gasteiger partial charge in [-0.3, -0.25) is 14.9 Å². The number of rotatable bonds is 2. The van der Waals surface area contributed by atoms with Gasteiger partial charge in [0.15, 0.2) is 0 Å². The molecular formula is C12H14FN3O3S. The molecule has 8 heteroatoms. The fourth-order valence-electron chi connectivity index (χ4n) is 2.12. The highest BCUT2D eigenvalue weighted by molar-refractivity contribution is 7.99. The van der Waals surface area contributed by atoms with Crippen molar-refractivity contribution in [2.24, 2.45) is 0 Å². The quantitative estimate of drug-likeness (QED) is 0.512. The first kappa shape index (κ1) is 14.6. The van der Waals surface area contributed by atoms with Crippen LogP contribution in [0.15, 0.2) is 12.1 Å². The first-order chi connectivity index (χ1) is 9.41. The fourth-order valence-corrected chi connectivity index (χ4v) is 3.13. The molecule has 1 aromatic carbocycles. The zero-order valence-electron chi connectivity index (χ0n) is 10.8. The number of amides is 1. The van der Waals surface area contributed by atoms with Gasteiger partial charge in [-0.25, -0.2) is 4.39 Å². The molecule has 2 rings (SSSR count). The number of thioether (sulfide) groups is 1. The van der Waals surface area contributed by atoms with Crippen molar-refractivity contribution in [3.05, 3.63) is 33.6 Å². The molecule has 20 heavy (non-hydrogen) atoms. The molecule has 0 bridgehead atoms. The van der Waals surface area contributed by atoms with Gasteiger partial charge in [0.1, 0.15) is 17.1 Å². The Hall–Kier alpha value is -1.83. The van der Waals surface area contributed by atoms with Crippen LogP contribution in [0.25, 0.3) is 0 Å². The Morgan fingerprint density at radius 2 is 2.30 bits per heavy atom. The Morgan fingerprint density at radius 3 is 2.90 bits per heavy atom. The van der Waals surface area contributed by atoms with Crippen LogP contribution >= 0.6 is 11.8 Å². The van der Waals surface area contributed by atoms with Crippen LogP contribution in [0.4, 0.5) is 15.8 Å². The summed E-state index contributed by atoms with van der Waals surface area (Å²) >= 11 is 1.72. The van der Waals surface area contributed by atoms with Gasteiger partial charge in [0.05, 0.1) is 4.92 Å². The van der Waals surface area contributed by atoms with E-state index in [1.54, 1.807) is 11.8 Å². The number of nitrogens with two attached hydrogens (primary N) is 1. The fraction of sp³-hybridized carbons (Fsp3) is 0.417. The molecule has 1 aromatic rings. The maximum atomic E-state index is 13.8. The third-order valence-electron chi connectivity index (χ3n) is 3.11. The predicted octanol–water partition coefficient (Wildman–Crippen LogP) is 1.89. The van der Waals surface area contributed by atoms with Gasteiger partial charge in [0.25, 0.3) is 11.6 Å². The molecule has 108 valence electrons. The van der Waals surface area contributed by atoms with Crippen LogP contribution in [-0.4, -0.2) is 39.8 Å². The molecule has 0 aromatic heterocycles. The molecule has 0 radical (unpaired) electrons. The van der Waals surface area contributed by atoms with Gasteiger partial charge in [0, 0.05) is 30.2 Å². The number of nitro benzene ring substituents is 1. The summed E-state index contributed by atoms with van der Waals surface area (Å²) in [7, 11) is 0. The highest BCUT2D eigenvalue weighted by atomic mass is 32.2. The van der Waals surface area contributed by atoms with Gasteiger partial charge < -0.3 is 10.6 Å². The Bertz CT molecular complexity index is 567. The second kappa shape index (κ2) is 5.66. The molecule has 1 atom stereocenters. The molecule has 1 saturated heterocycles. The first-order valence-corrected chi connectivity index (χ1v) is 7.10. The van der Waals surface area contributed by atoms with Gasteiger partial charge >= 0.3 is 0 Å². The van der Waals surface area contributed by atoms with E-state index in [9.17, 15) is 19.3 Å². The minimum absolute atomic E-state index is 0.246. The summed E-state index contributed by atoms with van der Waals surface area (Å²) in [5.41, 5.74) is 4.33. The number of hydrogen-bond acceptors (Lipinski definition) is 5. The largest absolute Gasteiger partial charge is 0.392 e. The van der Waals surface area contributed by atoms with E-state index in [0.29, 0.717) is 13.1 Å². The standard InChI is InChI=1S/C12H14FN3O3S/c1-7-6-15(4-5-20-7)12(17)10-8(13)2-3-9(11(10)14)16(18)19/h2-3,7H,4-6,14H2,1H3. The lowest BCUT2D eigenvalue weighted by atomic mass is 10.1. The molecule has 0 spiro atoms. The van der Waals surface area contributed by atoms with Crippen molar-refractivity contribution < 1.29 is 14.1 Å². The van der Waals surface area contributed by atoms with E-state index in [1.165, 1.54) is 4.90 Å². The monoisotopic (exact) mass is 299 g/mol. The van der Waals surface area contributed by atoms with E-state index < -0.39 is 33.6 Å². The van der Waals surface area contributed by atoms with Crippen LogP contribution < -0.4 is 5.73 Å². The zero-order chi connectivity index (χ0) is 14.9.